The van der Waals surface area contributed by atoms with E-state index in [1.54, 1.807) is 11.2 Å². The average Bonchev–Trinajstić information content (AvgIpc) is 2.05. The van der Waals surface area contributed by atoms with Crippen LogP contribution in [0.5, 0.6) is 0 Å². The molecule has 1 fully saturated rings. The van der Waals surface area contributed by atoms with Gasteiger partial charge in [-0.3, -0.25) is 0 Å². The summed E-state index contributed by atoms with van der Waals surface area (Å²) in [5.74, 6) is 5.64. The van der Waals surface area contributed by atoms with Crippen LogP contribution in [0.15, 0.2) is 12.8 Å². The van der Waals surface area contributed by atoms with Gasteiger partial charge in [0, 0.05) is 12.2 Å². The lowest BCUT2D eigenvalue weighted by molar-refractivity contribution is 0.231. The fourth-order valence-corrected chi connectivity index (χ4v) is 1.25. The van der Waals surface area contributed by atoms with Crippen LogP contribution >= 0.6 is 0 Å². The van der Waals surface area contributed by atoms with E-state index in [-0.39, 0.29) is 0 Å². The maximum atomic E-state index is 5.64. The number of nitrogens with two attached hydrogens (primary N) is 1. The fraction of sp³-hybridized carbons (Fsp3) is 0.714. The molecule has 0 amide bonds. The third-order valence-electron chi connectivity index (χ3n) is 1.94. The molecule has 0 bridgehead atoms. The van der Waals surface area contributed by atoms with Gasteiger partial charge in [-0.1, -0.05) is 6.58 Å². The highest BCUT2D eigenvalue weighted by molar-refractivity contribution is 4.79. The molecular weight excluding hydrogens is 126 g/mol. The predicted molar refractivity (Wildman–Crippen MR) is 42.1 cm³/mol. The minimum absolute atomic E-state index is 0.499. The first kappa shape index (κ1) is 7.57. The molecule has 0 unspecified atom stereocenters. The van der Waals surface area contributed by atoms with Crippen LogP contribution in [0.25, 0.3) is 0 Å². The molecule has 3 nitrogen and oxygen atoms in total. The molecular formula is C7H15N3. The van der Waals surface area contributed by atoms with Gasteiger partial charge in [0.05, 0.1) is 0 Å². The Morgan fingerprint density at radius 3 is 2.60 bits per heavy atom. The molecule has 3 heteroatoms. The van der Waals surface area contributed by atoms with Gasteiger partial charge in [0.2, 0.25) is 0 Å². The molecule has 58 valence electrons. The molecule has 0 aliphatic carbocycles. The van der Waals surface area contributed by atoms with Crippen LogP contribution in [0.4, 0.5) is 0 Å². The maximum absolute atomic E-state index is 5.64. The molecule has 10 heavy (non-hydrogen) atoms. The third kappa shape index (κ3) is 1.72. The van der Waals surface area contributed by atoms with Gasteiger partial charge >= 0.3 is 0 Å². The van der Waals surface area contributed by atoms with Crippen molar-refractivity contribution in [1.82, 2.24) is 10.3 Å². The Bertz CT molecular complexity index is 107. The molecule has 0 aromatic heterocycles. The summed E-state index contributed by atoms with van der Waals surface area (Å²) < 4.78 is 0. The van der Waals surface area contributed by atoms with Gasteiger partial charge in [-0.25, -0.2) is 5.84 Å². The van der Waals surface area contributed by atoms with E-state index in [1.807, 2.05) is 0 Å². The Kier molecular flexibility index (Phi) is 2.71. The van der Waals surface area contributed by atoms with Gasteiger partial charge in [-0.15, -0.1) is 0 Å². The third-order valence-corrected chi connectivity index (χ3v) is 1.94. The maximum Gasteiger partial charge on any atom is 0.0469 e. The van der Waals surface area contributed by atoms with Crippen LogP contribution in [0.2, 0.25) is 0 Å². The van der Waals surface area contributed by atoms with Gasteiger partial charge < -0.3 is 10.3 Å². The second-order valence-corrected chi connectivity index (χ2v) is 2.61. The first-order chi connectivity index (χ1) is 4.84. The van der Waals surface area contributed by atoms with Crippen LogP contribution in [0.3, 0.4) is 0 Å². The first-order valence-corrected chi connectivity index (χ1v) is 3.71. The van der Waals surface area contributed by atoms with Crippen LogP contribution in [-0.2, 0) is 0 Å². The van der Waals surface area contributed by atoms with Gasteiger partial charge in [0.25, 0.3) is 0 Å². The number of hydrogen-bond donors (Lipinski definition) is 2. The molecule has 0 aromatic rings. The molecule has 1 aliphatic heterocycles. The molecule has 1 rings (SSSR count). The van der Waals surface area contributed by atoms with Crippen molar-refractivity contribution in [1.29, 1.82) is 0 Å². The average molecular weight is 141 g/mol. The fourth-order valence-electron chi connectivity index (χ4n) is 1.25. The number of hydrogen-bond acceptors (Lipinski definition) is 3. The van der Waals surface area contributed by atoms with Crippen LogP contribution in [-0.4, -0.2) is 24.1 Å². The molecule has 3 N–H and O–H groups in total. The molecule has 0 radical (unpaired) electrons. The molecule has 1 aliphatic rings. The topological polar surface area (TPSA) is 41.3 Å². The number of piperidine rings is 1. The van der Waals surface area contributed by atoms with Crippen LogP contribution < -0.4 is 11.2 Å². The number of hydrazine groups is 1. The second kappa shape index (κ2) is 3.58. The smallest absolute Gasteiger partial charge is 0.0469 e. The summed E-state index contributed by atoms with van der Waals surface area (Å²) in [5, 5.41) is 4.99. The van der Waals surface area contributed by atoms with E-state index >= 15 is 0 Å². The highest BCUT2D eigenvalue weighted by Crippen LogP contribution is 2.07. The van der Waals surface area contributed by atoms with Crippen molar-refractivity contribution >= 4 is 0 Å². The number of rotatable bonds is 2. The van der Waals surface area contributed by atoms with Crippen LogP contribution in [0, 0.1) is 0 Å². The van der Waals surface area contributed by atoms with Crippen molar-refractivity contribution in [2.45, 2.75) is 18.9 Å². The lowest BCUT2D eigenvalue weighted by atomic mass is 10.1. The molecule has 1 heterocycles. The van der Waals surface area contributed by atoms with Crippen molar-refractivity contribution < 1.29 is 0 Å². The predicted octanol–water partition coefficient (Wildman–Crippen LogP) is 0.0576. The standard InChI is InChI=1S/C7H15N3/c1-2-10(8)7-3-5-9-6-4-7/h2,7,9H,1,3-6,8H2. The minimum atomic E-state index is 0.499. The van der Waals surface area contributed by atoms with Crippen molar-refractivity contribution in [2.75, 3.05) is 13.1 Å². The van der Waals surface area contributed by atoms with Crippen molar-refractivity contribution in [3.63, 3.8) is 0 Å². The lowest BCUT2D eigenvalue weighted by Crippen LogP contribution is -2.43. The van der Waals surface area contributed by atoms with Gasteiger partial charge in [0.1, 0.15) is 0 Å². The van der Waals surface area contributed by atoms with Gasteiger partial charge in [0.15, 0.2) is 0 Å². The van der Waals surface area contributed by atoms with Crippen molar-refractivity contribution in [3.8, 4) is 0 Å². The lowest BCUT2D eigenvalue weighted by Gasteiger charge is -2.29. The SMILES string of the molecule is C=CN(N)C1CCNCC1. The monoisotopic (exact) mass is 141 g/mol. The van der Waals surface area contributed by atoms with E-state index < -0.39 is 0 Å². The van der Waals surface area contributed by atoms with Gasteiger partial charge in [-0.2, -0.15) is 0 Å². The first-order valence-electron chi connectivity index (χ1n) is 3.71. The zero-order valence-corrected chi connectivity index (χ0v) is 6.21. The summed E-state index contributed by atoms with van der Waals surface area (Å²) in [7, 11) is 0. The van der Waals surface area contributed by atoms with E-state index in [9.17, 15) is 0 Å². The van der Waals surface area contributed by atoms with Gasteiger partial charge in [-0.05, 0) is 25.9 Å². The van der Waals surface area contributed by atoms with E-state index in [2.05, 4.69) is 11.9 Å². The van der Waals surface area contributed by atoms with E-state index in [1.165, 1.54) is 0 Å². The summed E-state index contributed by atoms with van der Waals surface area (Å²) in [6.07, 6.45) is 3.95. The molecule has 0 aromatic carbocycles. The molecule has 1 saturated heterocycles. The summed E-state index contributed by atoms with van der Waals surface area (Å²) in [6, 6.07) is 0.499. The van der Waals surface area contributed by atoms with E-state index in [0.717, 1.165) is 25.9 Å². The highest BCUT2D eigenvalue weighted by Gasteiger charge is 2.14. The Balaban J connectivity index is 2.30. The van der Waals surface area contributed by atoms with Crippen molar-refractivity contribution in [3.05, 3.63) is 12.8 Å². The molecule has 0 atom stereocenters. The molecule has 0 saturated carbocycles. The Hall–Kier alpha value is -0.540. The summed E-state index contributed by atoms with van der Waals surface area (Å²) in [6.45, 7) is 5.77. The normalized spacial score (nSPS) is 20.5. The van der Waals surface area contributed by atoms with Crippen molar-refractivity contribution in [2.24, 2.45) is 5.84 Å². The Morgan fingerprint density at radius 2 is 2.10 bits per heavy atom. The van der Waals surface area contributed by atoms with E-state index in [0.29, 0.717) is 6.04 Å². The number of nitrogens with zero attached hydrogens (tertiary/aromatic N) is 1. The summed E-state index contributed by atoms with van der Waals surface area (Å²) in [4.78, 5) is 0. The Labute approximate surface area is 61.9 Å². The quantitative estimate of drug-likeness (QED) is 0.422. The second-order valence-electron chi connectivity index (χ2n) is 2.61. The summed E-state index contributed by atoms with van der Waals surface area (Å²) in [5.41, 5.74) is 0. The van der Waals surface area contributed by atoms with E-state index in [4.69, 9.17) is 5.84 Å². The highest BCUT2D eigenvalue weighted by atomic mass is 15.4. The van der Waals surface area contributed by atoms with Crippen LogP contribution in [0.1, 0.15) is 12.8 Å². The zero-order valence-electron chi connectivity index (χ0n) is 6.21. The number of nitrogens with one attached hydrogen (secondary N) is 1. The zero-order chi connectivity index (χ0) is 7.40. The summed E-state index contributed by atoms with van der Waals surface area (Å²) >= 11 is 0. The minimum Gasteiger partial charge on any atom is -0.317 e. The Morgan fingerprint density at radius 1 is 1.50 bits per heavy atom. The largest absolute Gasteiger partial charge is 0.317 e. The molecule has 0 spiro atoms.